The van der Waals surface area contributed by atoms with Gasteiger partial charge >= 0.3 is 0 Å². The molecular formula is C16H16Cl2O3. The highest BCUT2D eigenvalue weighted by atomic mass is 35.5. The molecule has 2 rings (SSSR count). The van der Waals surface area contributed by atoms with Crippen LogP contribution >= 0.6 is 23.2 Å². The van der Waals surface area contributed by atoms with Gasteiger partial charge in [-0.05, 0) is 35.4 Å². The smallest absolute Gasteiger partial charge is 0.169 e. The van der Waals surface area contributed by atoms with Crippen molar-refractivity contribution in [1.82, 2.24) is 0 Å². The predicted octanol–water partition coefficient (Wildman–Crippen LogP) is 4.97. The molecule has 5 heteroatoms. The van der Waals surface area contributed by atoms with Gasteiger partial charge < -0.3 is 14.2 Å². The molecule has 0 bridgehead atoms. The van der Waals surface area contributed by atoms with E-state index in [4.69, 9.17) is 37.4 Å². The molecular weight excluding hydrogens is 311 g/mol. The first-order valence-corrected chi connectivity index (χ1v) is 7.42. The van der Waals surface area contributed by atoms with Gasteiger partial charge in [0.2, 0.25) is 0 Å². The van der Waals surface area contributed by atoms with Gasteiger partial charge in [0.1, 0.15) is 0 Å². The quantitative estimate of drug-likeness (QED) is 0.701. The van der Waals surface area contributed by atoms with Crippen LogP contribution in [-0.4, -0.2) is 14.2 Å². The first kappa shape index (κ1) is 15.8. The zero-order valence-electron chi connectivity index (χ0n) is 11.9. The SMILES string of the molecule is COc1cc(CCl)ccc1Oc1cc(CCl)ccc1OC. The zero-order chi connectivity index (χ0) is 15.2. The minimum atomic E-state index is 0.405. The normalized spacial score (nSPS) is 10.3. The average molecular weight is 327 g/mol. The third-order valence-electron chi connectivity index (χ3n) is 2.98. The lowest BCUT2D eigenvalue weighted by Gasteiger charge is -2.14. The summed E-state index contributed by atoms with van der Waals surface area (Å²) in [5.41, 5.74) is 1.91. The fraction of sp³-hybridized carbons (Fsp3) is 0.250. The molecule has 0 aliphatic carbocycles. The first-order valence-electron chi connectivity index (χ1n) is 6.35. The van der Waals surface area contributed by atoms with E-state index in [0.29, 0.717) is 34.8 Å². The molecule has 0 amide bonds. The summed E-state index contributed by atoms with van der Waals surface area (Å²) in [6.45, 7) is 0. The van der Waals surface area contributed by atoms with Crippen molar-refractivity contribution in [1.29, 1.82) is 0 Å². The second kappa shape index (κ2) is 7.43. The highest BCUT2D eigenvalue weighted by Crippen LogP contribution is 2.37. The van der Waals surface area contributed by atoms with E-state index >= 15 is 0 Å². The molecule has 0 atom stereocenters. The average Bonchev–Trinajstić information content (AvgIpc) is 2.55. The number of halogens is 2. The molecule has 0 aliphatic rings. The van der Waals surface area contributed by atoms with E-state index in [1.54, 1.807) is 14.2 Å². The molecule has 112 valence electrons. The third kappa shape index (κ3) is 3.74. The van der Waals surface area contributed by atoms with Crippen LogP contribution in [0.25, 0.3) is 0 Å². The van der Waals surface area contributed by atoms with Gasteiger partial charge in [0.15, 0.2) is 23.0 Å². The molecule has 0 saturated heterocycles. The largest absolute Gasteiger partial charge is 0.493 e. The lowest BCUT2D eigenvalue weighted by atomic mass is 10.2. The van der Waals surface area contributed by atoms with E-state index in [1.807, 2.05) is 36.4 Å². The van der Waals surface area contributed by atoms with E-state index in [9.17, 15) is 0 Å². The molecule has 0 N–H and O–H groups in total. The van der Waals surface area contributed by atoms with E-state index < -0.39 is 0 Å². The molecule has 2 aromatic carbocycles. The summed E-state index contributed by atoms with van der Waals surface area (Å²) in [7, 11) is 3.18. The molecule has 2 aromatic rings. The van der Waals surface area contributed by atoms with Crippen molar-refractivity contribution in [2.75, 3.05) is 14.2 Å². The Morgan fingerprint density at radius 2 is 1.24 bits per heavy atom. The Balaban J connectivity index is 2.37. The fourth-order valence-electron chi connectivity index (χ4n) is 1.88. The van der Waals surface area contributed by atoms with Gasteiger partial charge in [-0.25, -0.2) is 0 Å². The third-order valence-corrected chi connectivity index (χ3v) is 3.60. The van der Waals surface area contributed by atoms with Gasteiger partial charge in [-0.3, -0.25) is 0 Å². The zero-order valence-corrected chi connectivity index (χ0v) is 13.4. The maximum Gasteiger partial charge on any atom is 0.169 e. The van der Waals surface area contributed by atoms with Crippen LogP contribution in [-0.2, 0) is 11.8 Å². The second-order valence-corrected chi connectivity index (χ2v) is 4.87. The van der Waals surface area contributed by atoms with Crippen molar-refractivity contribution in [2.45, 2.75) is 11.8 Å². The van der Waals surface area contributed by atoms with E-state index in [2.05, 4.69) is 0 Å². The molecule has 21 heavy (non-hydrogen) atoms. The summed E-state index contributed by atoms with van der Waals surface area (Å²) >= 11 is 11.7. The molecule has 0 aliphatic heterocycles. The Kier molecular flexibility index (Phi) is 5.59. The summed E-state index contributed by atoms with van der Waals surface area (Å²) in [5, 5.41) is 0. The standard InChI is InChI=1S/C16H16Cl2O3/c1-19-13-5-3-12(10-18)8-16(13)21-14-6-4-11(9-17)7-15(14)20-2/h3-8H,9-10H2,1-2H3. The summed E-state index contributed by atoms with van der Waals surface area (Å²) in [4.78, 5) is 0. The van der Waals surface area contributed by atoms with Crippen LogP contribution in [0.5, 0.6) is 23.0 Å². The number of benzene rings is 2. The number of hydrogen-bond acceptors (Lipinski definition) is 3. The Morgan fingerprint density at radius 1 is 0.714 bits per heavy atom. The molecule has 0 spiro atoms. The topological polar surface area (TPSA) is 27.7 Å². The maximum atomic E-state index is 5.91. The van der Waals surface area contributed by atoms with E-state index in [1.165, 1.54) is 0 Å². The molecule has 0 heterocycles. The number of alkyl halides is 2. The van der Waals surface area contributed by atoms with E-state index in [0.717, 1.165) is 11.1 Å². The Hall–Kier alpha value is -1.58. The first-order chi connectivity index (χ1) is 10.2. The summed E-state index contributed by atoms with van der Waals surface area (Å²) in [6.07, 6.45) is 0. The lowest BCUT2D eigenvalue weighted by Crippen LogP contribution is -1.95. The van der Waals surface area contributed by atoms with Crippen molar-refractivity contribution in [2.24, 2.45) is 0 Å². The fourth-order valence-corrected chi connectivity index (χ4v) is 2.21. The van der Waals surface area contributed by atoms with Crippen LogP contribution in [0.3, 0.4) is 0 Å². The molecule has 3 nitrogen and oxygen atoms in total. The summed E-state index contributed by atoms with van der Waals surface area (Å²) < 4.78 is 16.6. The Bertz CT molecular complexity index is 614. The van der Waals surface area contributed by atoms with Crippen LogP contribution in [0.2, 0.25) is 0 Å². The van der Waals surface area contributed by atoms with Crippen LogP contribution in [0.15, 0.2) is 36.4 Å². The van der Waals surface area contributed by atoms with Crippen molar-refractivity contribution in [3.05, 3.63) is 47.5 Å². The van der Waals surface area contributed by atoms with Crippen LogP contribution in [0.4, 0.5) is 0 Å². The molecule has 0 saturated carbocycles. The monoisotopic (exact) mass is 326 g/mol. The predicted molar refractivity (Wildman–Crippen MR) is 85.2 cm³/mol. The lowest BCUT2D eigenvalue weighted by molar-refractivity contribution is 0.356. The van der Waals surface area contributed by atoms with Gasteiger partial charge in [0.25, 0.3) is 0 Å². The van der Waals surface area contributed by atoms with Gasteiger partial charge in [-0.1, -0.05) is 12.1 Å². The van der Waals surface area contributed by atoms with Crippen LogP contribution in [0, 0.1) is 0 Å². The van der Waals surface area contributed by atoms with Crippen LogP contribution in [0.1, 0.15) is 11.1 Å². The summed E-state index contributed by atoms with van der Waals surface area (Å²) in [5.74, 6) is 3.26. The number of hydrogen-bond donors (Lipinski definition) is 0. The van der Waals surface area contributed by atoms with Crippen molar-refractivity contribution < 1.29 is 14.2 Å². The Labute approximate surface area is 134 Å². The summed E-state index contributed by atoms with van der Waals surface area (Å²) in [6, 6.07) is 11.1. The van der Waals surface area contributed by atoms with Gasteiger partial charge in [0.05, 0.1) is 14.2 Å². The van der Waals surface area contributed by atoms with E-state index in [-0.39, 0.29) is 0 Å². The highest BCUT2D eigenvalue weighted by Gasteiger charge is 2.11. The second-order valence-electron chi connectivity index (χ2n) is 4.34. The number of ether oxygens (including phenoxy) is 3. The minimum absolute atomic E-state index is 0.405. The van der Waals surface area contributed by atoms with Crippen molar-refractivity contribution >= 4 is 23.2 Å². The van der Waals surface area contributed by atoms with Gasteiger partial charge in [-0.2, -0.15) is 0 Å². The van der Waals surface area contributed by atoms with Gasteiger partial charge in [0, 0.05) is 11.8 Å². The van der Waals surface area contributed by atoms with Crippen molar-refractivity contribution in [3.8, 4) is 23.0 Å². The number of rotatable bonds is 6. The minimum Gasteiger partial charge on any atom is -0.493 e. The molecule has 0 radical (unpaired) electrons. The molecule has 0 aromatic heterocycles. The van der Waals surface area contributed by atoms with Crippen molar-refractivity contribution in [3.63, 3.8) is 0 Å². The highest BCUT2D eigenvalue weighted by molar-refractivity contribution is 6.17. The van der Waals surface area contributed by atoms with Gasteiger partial charge in [-0.15, -0.1) is 23.2 Å². The molecule has 0 unspecified atom stereocenters. The maximum absolute atomic E-state index is 5.91. The van der Waals surface area contributed by atoms with Crippen LogP contribution < -0.4 is 14.2 Å². The Morgan fingerprint density at radius 3 is 1.76 bits per heavy atom. The number of methoxy groups -OCH3 is 2. The molecule has 0 fully saturated rings.